The van der Waals surface area contributed by atoms with Crippen LogP contribution >= 0.6 is 0 Å². The van der Waals surface area contributed by atoms with E-state index in [1.54, 1.807) is 0 Å². The third-order valence-corrected chi connectivity index (χ3v) is 2.49. The minimum Gasteiger partial charge on any atom is -0.748 e. The van der Waals surface area contributed by atoms with E-state index in [4.69, 9.17) is 17.7 Å². The van der Waals surface area contributed by atoms with Gasteiger partial charge in [-0.1, -0.05) is 21.8 Å². The Morgan fingerprint density at radius 1 is 1.24 bits per heavy atom. The van der Waals surface area contributed by atoms with E-state index in [0.29, 0.717) is 12.9 Å². The van der Waals surface area contributed by atoms with Gasteiger partial charge in [0.05, 0.1) is 42.8 Å². The average Bonchev–Trinajstić information content (AvgIpc) is 2.21. The predicted octanol–water partition coefficient (Wildman–Crippen LogP) is 0.934. The highest BCUT2D eigenvalue weighted by Gasteiger charge is 2.26. The molecule has 0 aliphatic heterocycles. The second kappa shape index (κ2) is 13.0. The molecule has 0 saturated heterocycles. The van der Waals surface area contributed by atoms with E-state index in [2.05, 4.69) is 14.1 Å². The van der Waals surface area contributed by atoms with Gasteiger partial charge in [0.15, 0.2) is 0 Å². The van der Waals surface area contributed by atoms with Crippen molar-refractivity contribution in [1.29, 1.82) is 0 Å². The molecule has 0 aliphatic carbocycles. The summed E-state index contributed by atoms with van der Waals surface area (Å²) < 4.78 is 32.4. The Balaban J connectivity index is -0.000000179. The summed E-state index contributed by atoms with van der Waals surface area (Å²) in [5, 5.41) is 0. The maximum Gasteiger partial charge on any atom is 0.311 e. The maximum absolute atomic E-state index is 11.5. The van der Waals surface area contributed by atoms with Crippen LogP contribution in [-0.4, -0.2) is 52.4 Å². The average molecular weight is 330 g/mol. The van der Waals surface area contributed by atoms with Gasteiger partial charge in [-0.3, -0.25) is 4.79 Å². The predicted molar refractivity (Wildman–Crippen MR) is 86.4 cm³/mol. The Morgan fingerprint density at radius 2 is 1.62 bits per heavy atom. The van der Waals surface area contributed by atoms with E-state index in [9.17, 15) is 4.79 Å². The molecule has 0 fully saturated rings. The fraction of sp³-hybridized carbons (Fsp3) is 0.929. The molecule has 0 aliphatic rings. The Bertz CT molecular complexity index is 342. The second-order valence-electron chi connectivity index (χ2n) is 5.39. The molecule has 0 aromatic heterocycles. The molecule has 0 amide bonds. The molecule has 0 saturated carbocycles. The van der Waals surface area contributed by atoms with Crippen LogP contribution in [0, 0.1) is 5.41 Å². The summed E-state index contributed by atoms with van der Waals surface area (Å²) in [6.07, 6.45) is 2.37. The summed E-state index contributed by atoms with van der Waals surface area (Å²) in [7, 11) is 0.273. The van der Waals surface area contributed by atoms with Crippen molar-refractivity contribution in [2.75, 3.05) is 33.5 Å². The number of esters is 1. The molecule has 132 valence electrons. The molecule has 0 atom stereocenters. The van der Waals surface area contributed by atoms with Gasteiger partial charge in [-0.2, -0.15) is 0 Å². The van der Waals surface area contributed by atoms with Crippen LogP contribution < -0.4 is 4.90 Å². The summed E-state index contributed by atoms with van der Waals surface area (Å²) in [6, 6.07) is 0. The zero-order valence-corrected chi connectivity index (χ0v) is 13.6. The van der Waals surface area contributed by atoms with Crippen LogP contribution in [0.4, 0.5) is 0 Å². The quantitative estimate of drug-likeness (QED) is 0.445. The molecule has 0 unspecified atom stereocenters. The van der Waals surface area contributed by atoms with E-state index in [1.807, 2.05) is 20.8 Å². The van der Waals surface area contributed by atoms with E-state index >= 15 is 0 Å². The van der Waals surface area contributed by atoms with Crippen LogP contribution in [0.25, 0.3) is 0 Å². The van der Waals surface area contributed by atoms with Crippen LogP contribution in [0.1, 0.15) is 48.5 Å². The Morgan fingerprint density at radius 3 is 1.90 bits per heavy atom. The molecule has 0 aromatic carbocycles. The van der Waals surface area contributed by atoms with Gasteiger partial charge in [-0.25, -0.2) is 8.42 Å². The minimum absolute atomic E-state index is 0. The monoisotopic (exact) mass is 329 g/mol. The third kappa shape index (κ3) is 24.7. The fourth-order valence-electron chi connectivity index (χ4n) is 0.930. The lowest BCUT2D eigenvalue weighted by Gasteiger charge is -2.20. The summed E-state index contributed by atoms with van der Waals surface area (Å²) in [5.41, 5.74) is -0.328. The molecule has 1 N–H and O–H groups in total. The van der Waals surface area contributed by atoms with Crippen molar-refractivity contribution in [3.63, 3.8) is 0 Å². The number of carbonyl (C=O) groups excluding carboxylic acids is 1. The van der Waals surface area contributed by atoms with Crippen LogP contribution in [0.2, 0.25) is 0 Å². The zero-order valence-electron chi connectivity index (χ0n) is 12.8. The molecule has 0 heterocycles. The van der Waals surface area contributed by atoms with Crippen molar-refractivity contribution in [3.8, 4) is 0 Å². The number of carbonyl (C=O) groups is 1. The number of hydrogen-bond acceptors (Lipinski definition) is 5. The number of hydrogen-bond donors (Lipinski definition) is 1. The molecule has 6 nitrogen and oxygen atoms in total. The Kier molecular flexibility index (Phi) is 17.7. The first-order chi connectivity index (χ1) is 8.40. The molecular weight excluding hydrogens is 294 g/mol. The molecule has 0 rings (SSSR count). The number of nitrogens with one attached hydrogen (secondary N) is 1. The molecule has 0 spiro atoms. The van der Waals surface area contributed by atoms with Gasteiger partial charge in [0.1, 0.15) is 0 Å². The minimum atomic E-state index is -3.92. The fourth-order valence-corrected chi connectivity index (χ4v) is 0.930. The van der Waals surface area contributed by atoms with E-state index in [-0.39, 0.29) is 26.2 Å². The van der Waals surface area contributed by atoms with Gasteiger partial charge >= 0.3 is 5.97 Å². The number of rotatable bonds is 6. The smallest absolute Gasteiger partial charge is 0.311 e. The lowest BCUT2D eigenvalue weighted by Crippen LogP contribution is -3.05. The van der Waals surface area contributed by atoms with Gasteiger partial charge in [-0.15, -0.1) is 0 Å². The number of ether oxygens (including phenoxy) is 1. The third-order valence-electron chi connectivity index (χ3n) is 2.49. The largest absolute Gasteiger partial charge is 0.748 e. The van der Waals surface area contributed by atoms with E-state index in [1.165, 1.54) is 4.90 Å². The summed E-state index contributed by atoms with van der Waals surface area (Å²) in [6.45, 7) is 7.44. The Labute approximate surface area is 131 Å². The Hall–Kier alpha value is -0.660. The normalized spacial score (nSPS) is 10.7. The van der Waals surface area contributed by atoms with Gasteiger partial charge in [0.25, 0.3) is 0 Å². The SMILES string of the molecule is C.C.CCC(C)(C)C(=O)OCCC[NH+](C)C.CS(=O)(=O)[O-]. The maximum atomic E-state index is 11.5. The zero-order chi connectivity index (χ0) is 15.7. The second-order valence-corrected chi connectivity index (χ2v) is 6.80. The summed E-state index contributed by atoms with van der Waals surface area (Å²) in [5.74, 6) is -0.0752. The van der Waals surface area contributed by atoms with Crippen LogP contribution in [0.5, 0.6) is 0 Å². The van der Waals surface area contributed by atoms with Crippen molar-refractivity contribution in [2.45, 2.75) is 48.5 Å². The summed E-state index contributed by atoms with van der Waals surface area (Å²) >= 11 is 0. The first-order valence-electron chi connectivity index (χ1n) is 6.27. The van der Waals surface area contributed by atoms with E-state index in [0.717, 1.165) is 19.4 Å². The highest BCUT2D eigenvalue weighted by molar-refractivity contribution is 7.84. The molecule has 7 heteroatoms. The lowest BCUT2D eigenvalue weighted by atomic mass is 9.91. The van der Waals surface area contributed by atoms with Gasteiger partial charge in [0, 0.05) is 12.7 Å². The van der Waals surface area contributed by atoms with Crippen LogP contribution in [-0.2, 0) is 19.6 Å². The highest BCUT2D eigenvalue weighted by atomic mass is 32.2. The lowest BCUT2D eigenvalue weighted by molar-refractivity contribution is -0.858. The van der Waals surface area contributed by atoms with Crippen LogP contribution in [0.15, 0.2) is 0 Å². The first kappa shape index (κ1) is 28.5. The molecule has 21 heavy (non-hydrogen) atoms. The molecule has 0 radical (unpaired) electrons. The van der Waals surface area contributed by atoms with Gasteiger partial charge in [0.2, 0.25) is 0 Å². The van der Waals surface area contributed by atoms with Crippen molar-refractivity contribution < 1.29 is 27.4 Å². The topological polar surface area (TPSA) is 87.9 Å². The van der Waals surface area contributed by atoms with Crippen molar-refractivity contribution in [3.05, 3.63) is 0 Å². The summed E-state index contributed by atoms with van der Waals surface area (Å²) in [4.78, 5) is 12.9. The van der Waals surface area contributed by atoms with Gasteiger partial charge < -0.3 is 14.2 Å². The van der Waals surface area contributed by atoms with E-state index < -0.39 is 10.1 Å². The van der Waals surface area contributed by atoms with Crippen molar-refractivity contribution in [2.24, 2.45) is 5.41 Å². The van der Waals surface area contributed by atoms with Crippen LogP contribution in [0.3, 0.4) is 0 Å². The highest BCUT2D eigenvalue weighted by Crippen LogP contribution is 2.21. The molecule has 0 bridgehead atoms. The van der Waals surface area contributed by atoms with Crippen molar-refractivity contribution in [1.82, 2.24) is 0 Å². The standard InChI is InChI=1S/C11H23NO2.CH4O3S.2CH4/c1-6-11(2,3)10(13)14-9-7-8-12(4)5;1-5(2,3)4;;/h6-9H2,1-5H3;1H3,(H,2,3,4);2*1H4. The van der Waals surface area contributed by atoms with Gasteiger partial charge in [-0.05, 0) is 20.3 Å². The number of quaternary nitrogens is 1. The molecular formula is C14H35NO5S. The first-order valence-corrected chi connectivity index (χ1v) is 8.09. The molecule has 0 aromatic rings. The van der Waals surface area contributed by atoms with Crippen molar-refractivity contribution >= 4 is 16.1 Å².